The van der Waals surface area contributed by atoms with Crippen LogP contribution < -0.4 is 15.2 Å². The molecule has 0 fully saturated rings. The summed E-state index contributed by atoms with van der Waals surface area (Å²) in [5, 5.41) is 7.95. The topological polar surface area (TPSA) is 98.5 Å². The number of hydrogen-bond donors (Lipinski definition) is 2. The summed E-state index contributed by atoms with van der Waals surface area (Å²) in [4.78, 5) is 12.0. The van der Waals surface area contributed by atoms with Crippen LogP contribution >= 0.6 is 0 Å². The third-order valence-corrected chi connectivity index (χ3v) is 3.94. The van der Waals surface area contributed by atoms with Gasteiger partial charge in [0.15, 0.2) is 5.78 Å². The first-order chi connectivity index (χ1) is 10.4. The summed E-state index contributed by atoms with van der Waals surface area (Å²) < 4.78 is 27.6. The Balaban J connectivity index is 2.04. The fourth-order valence-electron chi connectivity index (χ4n) is 1.84. The monoisotopic (exact) mass is 320 g/mol. The molecule has 3 N–H and O–H groups in total. The quantitative estimate of drug-likeness (QED) is 0.788. The standard InChI is InChI=1S/C15H16N2O4S/c1-21-13-7-5-11(6-8-13)15(18)10-17-12-3-2-4-14(9-12)22(16,19)20/h2-9,17H,10H2,1H3,(H2,16,19,20). The molecule has 0 heterocycles. The minimum Gasteiger partial charge on any atom is -0.497 e. The van der Waals surface area contributed by atoms with E-state index in [0.717, 1.165) is 0 Å². The third-order valence-electron chi connectivity index (χ3n) is 3.03. The number of primary sulfonamides is 1. The molecule has 2 rings (SSSR count). The lowest BCUT2D eigenvalue weighted by Crippen LogP contribution is -2.15. The molecule has 22 heavy (non-hydrogen) atoms. The molecule has 0 unspecified atom stereocenters. The second-order valence-electron chi connectivity index (χ2n) is 4.58. The Kier molecular flexibility index (Phi) is 4.79. The van der Waals surface area contributed by atoms with Crippen molar-refractivity contribution in [2.75, 3.05) is 19.0 Å². The highest BCUT2D eigenvalue weighted by molar-refractivity contribution is 7.89. The van der Waals surface area contributed by atoms with Crippen LogP contribution in [0.4, 0.5) is 5.69 Å². The van der Waals surface area contributed by atoms with Gasteiger partial charge in [-0.3, -0.25) is 4.79 Å². The van der Waals surface area contributed by atoms with E-state index in [4.69, 9.17) is 9.88 Å². The van der Waals surface area contributed by atoms with E-state index in [1.807, 2.05) is 0 Å². The Labute approximate surface area is 129 Å². The molecule has 0 aliphatic heterocycles. The van der Waals surface area contributed by atoms with Gasteiger partial charge in [-0.05, 0) is 42.5 Å². The van der Waals surface area contributed by atoms with Crippen LogP contribution in [0.2, 0.25) is 0 Å². The summed E-state index contributed by atoms with van der Waals surface area (Å²) in [5.74, 6) is 0.550. The summed E-state index contributed by atoms with van der Waals surface area (Å²) in [6.45, 7) is 0.0421. The zero-order valence-corrected chi connectivity index (χ0v) is 12.8. The summed E-state index contributed by atoms with van der Waals surface area (Å²) in [6, 6.07) is 12.7. The molecule has 0 atom stereocenters. The number of nitrogens with two attached hydrogens (primary N) is 1. The van der Waals surface area contributed by atoms with Crippen LogP contribution in [0.5, 0.6) is 5.75 Å². The predicted octanol–water partition coefficient (Wildman–Crippen LogP) is 1.64. The molecule has 0 spiro atoms. The molecule has 6 nitrogen and oxygen atoms in total. The lowest BCUT2D eigenvalue weighted by molar-refractivity contribution is 0.101. The van der Waals surface area contributed by atoms with Crippen molar-refractivity contribution in [2.45, 2.75) is 4.90 Å². The number of hydrogen-bond acceptors (Lipinski definition) is 5. The SMILES string of the molecule is COc1ccc(C(=O)CNc2cccc(S(N)(=O)=O)c2)cc1. The lowest BCUT2D eigenvalue weighted by Gasteiger charge is -2.07. The van der Waals surface area contributed by atoms with E-state index < -0.39 is 10.0 Å². The van der Waals surface area contributed by atoms with Gasteiger partial charge in [-0.25, -0.2) is 13.6 Å². The number of ketones is 1. The van der Waals surface area contributed by atoms with Crippen molar-refractivity contribution in [1.82, 2.24) is 0 Å². The van der Waals surface area contributed by atoms with Gasteiger partial charge >= 0.3 is 0 Å². The molecule has 7 heteroatoms. The highest BCUT2D eigenvalue weighted by atomic mass is 32.2. The van der Waals surface area contributed by atoms with E-state index in [1.54, 1.807) is 43.5 Å². The van der Waals surface area contributed by atoms with Crippen molar-refractivity contribution >= 4 is 21.5 Å². The molecule has 0 amide bonds. The molecule has 116 valence electrons. The maximum absolute atomic E-state index is 12.1. The molecular weight excluding hydrogens is 304 g/mol. The molecule has 2 aromatic rings. The summed E-state index contributed by atoms with van der Waals surface area (Å²) >= 11 is 0. The maximum Gasteiger partial charge on any atom is 0.238 e. The number of anilines is 1. The van der Waals surface area contributed by atoms with Gasteiger partial charge in [0.2, 0.25) is 10.0 Å². The lowest BCUT2D eigenvalue weighted by atomic mass is 10.1. The minimum atomic E-state index is -3.76. The molecule has 0 aromatic heterocycles. The van der Waals surface area contributed by atoms with E-state index in [0.29, 0.717) is 17.0 Å². The Bertz CT molecular complexity index is 770. The van der Waals surface area contributed by atoms with Crippen molar-refractivity contribution in [3.05, 3.63) is 54.1 Å². The minimum absolute atomic E-state index is 0.00519. The third kappa shape index (κ3) is 4.06. The molecule has 0 aliphatic carbocycles. The first kappa shape index (κ1) is 16.0. The van der Waals surface area contributed by atoms with Gasteiger partial charge in [0.25, 0.3) is 0 Å². The Morgan fingerprint density at radius 1 is 1.18 bits per heavy atom. The molecule has 0 aliphatic rings. The number of methoxy groups -OCH3 is 1. The first-order valence-corrected chi connectivity index (χ1v) is 7.99. The molecule has 0 saturated heterocycles. The Morgan fingerprint density at radius 2 is 1.86 bits per heavy atom. The smallest absolute Gasteiger partial charge is 0.238 e. The van der Waals surface area contributed by atoms with Crippen molar-refractivity contribution in [1.29, 1.82) is 0 Å². The van der Waals surface area contributed by atoms with Gasteiger partial charge in [-0.1, -0.05) is 6.07 Å². The van der Waals surface area contributed by atoms with Crippen molar-refractivity contribution in [3.8, 4) is 5.75 Å². The fourth-order valence-corrected chi connectivity index (χ4v) is 2.40. The van der Waals surface area contributed by atoms with Gasteiger partial charge < -0.3 is 10.1 Å². The molecular formula is C15H16N2O4S. The van der Waals surface area contributed by atoms with Gasteiger partial charge in [0, 0.05) is 11.3 Å². The summed E-state index contributed by atoms with van der Waals surface area (Å²) in [5.41, 5.74) is 1.05. The summed E-state index contributed by atoms with van der Waals surface area (Å²) in [7, 11) is -2.21. The van der Waals surface area contributed by atoms with Gasteiger partial charge in [0.1, 0.15) is 5.75 Å². The molecule has 2 aromatic carbocycles. The highest BCUT2D eigenvalue weighted by Crippen LogP contribution is 2.15. The Hall–Kier alpha value is -2.38. The second kappa shape index (κ2) is 6.59. The molecule has 0 saturated carbocycles. The van der Waals surface area contributed by atoms with Gasteiger partial charge in [-0.2, -0.15) is 0 Å². The highest BCUT2D eigenvalue weighted by Gasteiger charge is 2.09. The van der Waals surface area contributed by atoms with Crippen molar-refractivity contribution in [3.63, 3.8) is 0 Å². The maximum atomic E-state index is 12.1. The van der Waals surface area contributed by atoms with Crippen molar-refractivity contribution < 1.29 is 17.9 Å². The fraction of sp³-hybridized carbons (Fsp3) is 0.133. The van der Waals surface area contributed by atoms with E-state index in [9.17, 15) is 13.2 Å². The van der Waals surface area contributed by atoms with Crippen LogP contribution in [0.1, 0.15) is 10.4 Å². The van der Waals surface area contributed by atoms with E-state index in [-0.39, 0.29) is 17.2 Å². The van der Waals surface area contributed by atoms with E-state index in [2.05, 4.69) is 5.32 Å². The number of ether oxygens (including phenoxy) is 1. The van der Waals surface area contributed by atoms with Crippen LogP contribution in [-0.4, -0.2) is 27.9 Å². The van der Waals surface area contributed by atoms with Gasteiger partial charge in [0.05, 0.1) is 18.6 Å². The number of Topliss-reactive ketones (excluding diaryl/α,β-unsaturated/α-hetero) is 1. The van der Waals surface area contributed by atoms with Crippen LogP contribution in [0, 0.1) is 0 Å². The summed E-state index contributed by atoms with van der Waals surface area (Å²) in [6.07, 6.45) is 0. The van der Waals surface area contributed by atoms with Crippen LogP contribution in [0.3, 0.4) is 0 Å². The van der Waals surface area contributed by atoms with E-state index in [1.165, 1.54) is 12.1 Å². The normalized spacial score (nSPS) is 11.0. The number of nitrogens with one attached hydrogen (secondary N) is 1. The second-order valence-corrected chi connectivity index (χ2v) is 6.14. The number of sulfonamides is 1. The average Bonchev–Trinajstić information content (AvgIpc) is 2.52. The molecule has 0 bridgehead atoms. The Morgan fingerprint density at radius 3 is 2.45 bits per heavy atom. The van der Waals surface area contributed by atoms with Crippen molar-refractivity contribution in [2.24, 2.45) is 5.14 Å². The van der Waals surface area contributed by atoms with E-state index >= 15 is 0 Å². The van der Waals surface area contributed by atoms with Crippen LogP contribution in [0.25, 0.3) is 0 Å². The average molecular weight is 320 g/mol. The number of benzene rings is 2. The number of rotatable bonds is 6. The van der Waals surface area contributed by atoms with Crippen LogP contribution in [0.15, 0.2) is 53.4 Å². The predicted molar refractivity (Wildman–Crippen MR) is 83.6 cm³/mol. The van der Waals surface area contributed by atoms with Crippen LogP contribution in [-0.2, 0) is 10.0 Å². The molecule has 0 radical (unpaired) electrons. The largest absolute Gasteiger partial charge is 0.497 e. The van der Waals surface area contributed by atoms with Gasteiger partial charge in [-0.15, -0.1) is 0 Å². The first-order valence-electron chi connectivity index (χ1n) is 6.44. The zero-order chi connectivity index (χ0) is 16.2. The zero-order valence-electron chi connectivity index (χ0n) is 11.9. The number of carbonyl (C=O) groups is 1. The number of carbonyl (C=O) groups excluding carboxylic acids is 1.